The second-order valence-corrected chi connectivity index (χ2v) is 4.01. The van der Waals surface area contributed by atoms with Gasteiger partial charge in [-0.25, -0.2) is 4.79 Å². The number of aromatic carboxylic acids is 1. The molecule has 0 aliphatic rings. The number of hydrogen-bond donors (Lipinski definition) is 2. The number of rotatable bonds is 5. The van der Waals surface area contributed by atoms with Crippen molar-refractivity contribution in [2.75, 3.05) is 12.3 Å². The SMILES string of the molecule is Nc1cc(OCCc2ccncc2)ccc1C(=O)O. The highest BCUT2D eigenvalue weighted by molar-refractivity contribution is 5.93. The second-order valence-electron chi connectivity index (χ2n) is 4.01. The molecule has 3 N–H and O–H groups in total. The lowest BCUT2D eigenvalue weighted by Gasteiger charge is -2.08. The number of carboxylic acid groups (broad SMARTS) is 1. The van der Waals surface area contributed by atoms with Gasteiger partial charge in [0.05, 0.1) is 12.2 Å². The molecule has 98 valence electrons. The Labute approximate surface area is 110 Å². The Morgan fingerprint density at radius 2 is 2.00 bits per heavy atom. The van der Waals surface area contributed by atoms with E-state index in [1.54, 1.807) is 18.5 Å². The molecule has 0 saturated carbocycles. The highest BCUT2D eigenvalue weighted by Crippen LogP contribution is 2.20. The first-order valence-electron chi connectivity index (χ1n) is 5.81. The molecule has 2 rings (SSSR count). The number of anilines is 1. The van der Waals surface area contributed by atoms with E-state index in [0.717, 1.165) is 12.0 Å². The van der Waals surface area contributed by atoms with Gasteiger partial charge in [0.1, 0.15) is 5.75 Å². The summed E-state index contributed by atoms with van der Waals surface area (Å²) in [6.07, 6.45) is 4.22. The molecule has 2 aromatic rings. The number of benzene rings is 1. The van der Waals surface area contributed by atoms with Crippen molar-refractivity contribution in [3.05, 3.63) is 53.9 Å². The largest absolute Gasteiger partial charge is 0.493 e. The molecule has 0 aliphatic carbocycles. The molecule has 1 heterocycles. The zero-order valence-corrected chi connectivity index (χ0v) is 10.2. The van der Waals surface area contributed by atoms with Crippen LogP contribution in [0.5, 0.6) is 5.75 Å². The predicted octanol–water partition coefficient (Wildman–Crippen LogP) is 1.98. The number of nitrogens with zero attached hydrogens (tertiary/aromatic N) is 1. The summed E-state index contributed by atoms with van der Waals surface area (Å²) in [5, 5.41) is 8.85. The first-order chi connectivity index (χ1) is 9.16. The molecule has 1 aromatic heterocycles. The molecule has 0 aliphatic heterocycles. The summed E-state index contributed by atoms with van der Waals surface area (Å²) in [6.45, 7) is 0.496. The van der Waals surface area contributed by atoms with Gasteiger partial charge >= 0.3 is 5.97 Å². The van der Waals surface area contributed by atoms with Crippen molar-refractivity contribution in [2.45, 2.75) is 6.42 Å². The smallest absolute Gasteiger partial charge is 0.337 e. The van der Waals surface area contributed by atoms with Gasteiger partial charge in [0.25, 0.3) is 0 Å². The summed E-state index contributed by atoms with van der Waals surface area (Å²) in [5.74, 6) is -0.475. The maximum absolute atomic E-state index is 10.8. The Bertz CT molecular complexity index is 570. The van der Waals surface area contributed by atoms with E-state index in [9.17, 15) is 4.79 Å². The van der Waals surface area contributed by atoms with Crippen molar-refractivity contribution < 1.29 is 14.6 Å². The predicted molar refractivity (Wildman–Crippen MR) is 71.2 cm³/mol. The number of aromatic nitrogens is 1. The van der Waals surface area contributed by atoms with Crippen LogP contribution >= 0.6 is 0 Å². The van der Waals surface area contributed by atoms with E-state index >= 15 is 0 Å². The highest BCUT2D eigenvalue weighted by Gasteiger charge is 2.08. The monoisotopic (exact) mass is 258 g/mol. The van der Waals surface area contributed by atoms with E-state index in [1.165, 1.54) is 12.1 Å². The fraction of sp³-hybridized carbons (Fsp3) is 0.143. The number of nitrogen functional groups attached to an aromatic ring is 1. The van der Waals surface area contributed by atoms with E-state index in [2.05, 4.69) is 4.98 Å². The molecule has 5 nitrogen and oxygen atoms in total. The minimum absolute atomic E-state index is 0.0847. The molecule has 0 bridgehead atoms. The van der Waals surface area contributed by atoms with E-state index in [0.29, 0.717) is 12.4 Å². The quantitative estimate of drug-likeness (QED) is 0.801. The van der Waals surface area contributed by atoms with Gasteiger partial charge in [-0.3, -0.25) is 4.98 Å². The Morgan fingerprint density at radius 1 is 1.26 bits per heavy atom. The molecular weight excluding hydrogens is 244 g/mol. The lowest BCUT2D eigenvalue weighted by atomic mass is 10.2. The molecule has 0 spiro atoms. The molecule has 0 amide bonds. The van der Waals surface area contributed by atoms with Crippen LogP contribution in [-0.4, -0.2) is 22.7 Å². The van der Waals surface area contributed by atoms with Crippen LogP contribution in [0.25, 0.3) is 0 Å². The van der Waals surface area contributed by atoms with Crippen molar-refractivity contribution in [2.24, 2.45) is 0 Å². The maximum Gasteiger partial charge on any atom is 0.337 e. The average molecular weight is 258 g/mol. The molecule has 1 aromatic carbocycles. The van der Waals surface area contributed by atoms with E-state index in [4.69, 9.17) is 15.6 Å². The molecular formula is C14H14N2O3. The summed E-state index contributed by atoms with van der Waals surface area (Å²) >= 11 is 0. The van der Waals surface area contributed by atoms with Crippen LogP contribution in [0.2, 0.25) is 0 Å². The minimum atomic E-state index is -1.04. The molecule has 5 heteroatoms. The Kier molecular flexibility index (Phi) is 3.97. The van der Waals surface area contributed by atoms with Crippen molar-refractivity contribution in [3.8, 4) is 5.75 Å². The molecule has 19 heavy (non-hydrogen) atoms. The number of carbonyl (C=O) groups is 1. The van der Waals surface area contributed by atoms with Crippen molar-refractivity contribution >= 4 is 11.7 Å². The summed E-state index contributed by atoms with van der Waals surface area (Å²) in [5.41, 5.74) is 7.05. The number of hydrogen-bond acceptors (Lipinski definition) is 4. The molecule has 0 atom stereocenters. The topological polar surface area (TPSA) is 85.4 Å². The van der Waals surface area contributed by atoms with Crippen LogP contribution < -0.4 is 10.5 Å². The van der Waals surface area contributed by atoms with Crippen molar-refractivity contribution in [1.82, 2.24) is 4.98 Å². The van der Waals surface area contributed by atoms with Gasteiger partial charge in [0.15, 0.2) is 0 Å². The summed E-state index contributed by atoms with van der Waals surface area (Å²) in [7, 11) is 0. The average Bonchev–Trinajstić information content (AvgIpc) is 2.39. The fourth-order valence-corrected chi connectivity index (χ4v) is 1.66. The highest BCUT2D eigenvalue weighted by atomic mass is 16.5. The molecule has 0 unspecified atom stereocenters. The zero-order chi connectivity index (χ0) is 13.7. The van der Waals surface area contributed by atoms with Gasteiger partial charge in [-0.1, -0.05) is 0 Å². The third-order valence-corrected chi connectivity index (χ3v) is 2.66. The van der Waals surface area contributed by atoms with E-state index in [1.807, 2.05) is 12.1 Å². The van der Waals surface area contributed by atoms with E-state index < -0.39 is 5.97 Å². The number of pyridine rings is 1. The van der Waals surface area contributed by atoms with Gasteiger partial charge in [0.2, 0.25) is 0 Å². The van der Waals surface area contributed by atoms with Crippen LogP contribution in [0.1, 0.15) is 15.9 Å². The molecule has 0 radical (unpaired) electrons. The minimum Gasteiger partial charge on any atom is -0.493 e. The normalized spacial score (nSPS) is 10.1. The Morgan fingerprint density at radius 3 is 2.63 bits per heavy atom. The second kappa shape index (κ2) is 5.86. The van der Waals surface area contributed by atoms with Gasteiger partial charge in [-0.2, -0.15) is 0 Å². The lowest BCUT2D eigenvalue weighted by Crippen LogP contribution is -2.05. The number of nitrogens with two attached hydrogens (primary N) is 1. The van der Waals surface area contributed by atoms with Gasteiger partial charge < -0.3 is 15.6 Å². The summed E-state index contributed by atoms with van der Waals surface area (Å²) in [6, 6.07) is 8.41. The summed E-state index contributed by atoms with van der Waals surface area (Å²) in [4.78, 5) is 14.7. The van der Waals surface area contributed by atoms with Crippen LogP contribution in [0.3, 0.4) is 0 Å². The first-order valence-corrected chi connectivity index (χ1v) is 5.81. The van der Waals surface area contributed by atoms with Crippen LogP contribution in [-0.2, 0) is 6.42 Å². The van der Waals surface area contributed by atoms with Crippen LogP contribution in [0.4, 0.5) is 5.69 Å². The first kappa shape index (κ1) is 12.9. The Hall–Kier alpha value is -2.56. The third kappa shape index (κ3) is 3.45. The standard InChI is InChI=1S/C14H14N2O3/c15-13-9-11(1-2-12(13)14(17)18)19-8-5-10-3-6-16-7-4-10/h1-4,6-7,9H,5,8,15H2,(H,17,18). The van der Waals surface area contributed by atoms with Gasteiger partial charge in [-0.05, 0) is 29.8 Å². The van der Waals surface area contributed by atoms with Crippen LogP contribution in [0, 0.1) is 0 Å². The lowest BCUT2D eigenvalue weighted by molar-refractivity contribution is 0.0698. The molecule has 0 saturated heterocycles. The Balaban J connectivity index is 1.93. The number of ether oxygens (including phenoxy) is 1. The van der Waals surface area contributed by atoms with Gasteiger partial charge in [0, 0.05) is 30.6 Å². The molecule has 0 fully saturated rings. The van der Waals surface area contributed by atoms with Crippen LogP contribution in [0.15, 0.2) is 42.7 Å². The van der Waals surface area contributed by atoms with Crippen molar-refractivity contribution in [1.29, 1.82) is 0 Å². The number of carboxylic acids is 1. The third-order valence-electron chi connectivity index (χ3n) is 2.66. The fourth-order valence-electron chi connectivity index (χ4n) is 1.66. The summed E-state index contributed by atoms with van der Waals surface area (Å²) < 4.78 is 5.53. The van der Waals surface area contributed by atoms with E-state index in [-0.39, 0.29) is 11.3 Å². The maximum atomic E-state index is 10.8. The zero-order valence-electron chi connectivity index (χ0n) is 10.2. The van der Waals surface area contributed by atoms with Crippen molar-refractivity contribution in [3.63, 3.8) is 0 Å². The van der Waals surface area contributed by atoms with Gasteiger partial charge in [-0.15, -0.1) is 0 Å².